The summed E-state index contributed by atoms with van der Waals surface area (Å²) >= 11 is 0. The number of halogens is 2. The minimum atomic E-state index is -0.934. The van der Waals surface area contributed by atoms with Crippen LogP contribution in [0.1, 0.15) is 22.8 Å². The van der Waals surface area contributed by atoms with Gasteiger partial charge in [-0.25, -0.2) is 13.8 Å². The molecule has 0 bridgehead atoms. The molecular weight excluding hydrogens is 544 g/mol. The van der Waals surface area contributed by atoms with Gasteiger partial charge in [-0.3, -0.25) is 14.5 Å². The predicted octanol–water partition coefficient (Wildman–Crippen LogP) is 3.58. The van der Waals surface area contributed by atoms with Gasteiger partial charge in [-0.05, 0) is 35.9 Å². The van der Waals surface area contributed by atoms with Crippen molar-refractivity contribution >= 4 is 34.5 Å². The Balaban J connectivity index is 1.16. The summed E-state index contributed by atoms with van der Waals surface area (Å²) in [6, 6.07) is 12.0. The Bertz CT molecular complexity index is 1590. The molecule has 10 nitrogen and oxygen atoms in total. The highest BCUT2D eigenvalue weighted by molar-refractivity contribution is 5.95. The number of piperazine rings is 1. The predicted molar refractivity (Wildman–Crippen MR) is 153 cm³/mol. The molecule has 2 aliphatic rings. The molecule has 0 radical (unpaired) electrons. The summed E-state index contributed by atoms with van der Waals surface area (Å²) in [6.07, 6.45) is 3.30. The number of hydrogen-bond acceptors (Lipinski definition) is 7. The first-order valence-electron chi connectivity index (χ1n) is 13.9. The largest absolute Gasteiger partial charge is 0.378 e. The normalized spacial score (nSPS) is 16.2. The standard InChI is InChI=1S/C30H31F2N7O3/c1-20(40)37-10-8-36(9-11-37)19-21-2-4-23(5-3-21)34-30-33-18-22-6-7-39(28(22)35-30)24-16-25(31)27(26(32)17-24)29(41)38-12-14-42-15-13-38/h2-7,16-18H,8-15,19H2,1H3,(H,33,34,35). The van der Waals surface area contributed by atoms with Crippen molar-refractivity contribution in [3.05, 3.63) is 77.6 Å². The first-order valence-corrected chi connectivity index (χ1v) is 13.9. The van der Waals surface area contributed by atoms with E-state index in [1.807, 2.05) is 29.2 Å². The number of hydrogen-bond donors (Lipinski definition) is 1. The summed E-state index contributed by atoms with van der Waals surface area (Å²) < 4.78 is 37.0. The Morgan fingerprint density at radius 3 is 2.29 bits per heavy atom. The SMILES string of the molecule is CC(=O)N1CCN(Cc2ccc(Nc3ncc4ccn(-c5cc(F)c(C(=O)N6CCOCC6)c(F)c5)c4n3)cc2)CC1. The Labute approximate surface area is 241 Å². The molecule has 42 heavy (non-hydrogen) atoms. The summed E-state index contributed by atoms with van der Waals surface area (Å²) in [7, 11) is 0. The average Bonchev–Trinajstić information content (AvgIpc) is 3.42. The summed E-state index contributed by atoms with van der Waals surface area (Å²) in [5.74, 6) is -2.11. The van der Waals surface area contributed by atoms with E-state index in [-0.39, 0.29) is 24.7 Å². The molecule has 2 saturated heterocycles. The lowest BCUT2D eigenvalue weighted by atomic mass is 10.1. The molecule has 4 heterocycles. The topological polar surface area (TPSA) is 95.8 Å². The maximum absolute atomic E-state index is 15.1. The van der Waals surface area contributed by atoms with Gasteiger partial charge < -0.3 is 24.4 Å². The molecule has 2 aromatic heterocycles. The van der Waals surface area contributed by atoms with Gasteiger partial charge in [-0.2, -0.15) is 4.98 Å². The highest BCUT2D eigenvalue weighted by Gasteiger charge is 2.26. The van der Waals surface area contributed by atoms with Crippen LogP contribution >= 0.6 is 0 Å². The second kappa shape index (κ2) is 11.8. The Morgan fingerprint density at radius 1 is 0.929 bits per heavy atom. The Morgan fingerprint density at radius 2 is 1.62 bits per heavy atom. The Hall–Kier alpha value is -4.42. The molecule has 2 aliphatic heterocycles. The summed E-state index contributed by atoms with van der Waals surface area (Å²) in [6.45, 7) is 6.82. The zero-order valence-corrected chi connectivity index (χ0v) is 23.2. The van der Waals surface area contributed by atoms with E-state index in [4.69, 9.17) is 4.74 Å². The number of fused-ring (bicyclic) bond motifs is 1. The Kier molecular flexibility index (Phi) is 7.81. The number of anilines is 2. The molecule has 2 aromatic carbocycles. The number of morpholine rings is 1. The molecule has 0 spiro atoms. The third-order valence-corrected chi connectivity index (χ3v) is 7.68. The van der Waals surface area contributed by atoms with E-state index in [0.717, 1.165) is 56.1 Å². The highest BCUT2D eigenvalue weighted by Crippen LogP contribution is 2.25. The number of carbonyl (C=O) groups excluding carboxylic acids is 2. The first-order chi connectivity index (χ1) is 20.4. The lowest BCUT2D eigenvalue weighted by molar-refractivity contribution is -0.130. The summed E-state index contributed by atoms with van der Waals surface area (Å²) in [5, 5.41) is 3.88. The van der Waals surface area contributed by atoms with Crippen LogP contribution in [0.3, 0.4) is 0 Å². The fourth-order valence-corrected chi connectivity index (χ4v) is 5.32. The number of nitrogens with one attached hydrogen (secondary N) is 1. The van der Waals surface area contributed by atoms with Gasteiger partial charge in [0.25, 0.3) is 5.91 Å². The third-order valence-electron chi connectivity index (χ3n) is 7.68. The van der Waals surface area contributed by atoms with Crippen LogP contribution in [0, 0.1) is 11.6 Å². The molecule has 6 rings (SSSR count). The van der Waals surface area contributed by atoms with Crippen molar-refractivity contribution in [1.82, 2.24) is 29.2 Å². The number of nitrogens with zero attached hydrogens (tertiary/aromatic N) is 6. The molecule has 4 aromatic rings. The zero-order valence-electron chi connectivity index (χ0n) is 23.2. The number of aromatic nitrogens is 3. The lowest BCUT2D eigenvalue weighted by Gasteiger charge is -2.34. The van der Waals surface area contributed by atoms with Gasteiger partial charge in [-0.15, -0.1) is 0 Å². The van der Waals surface area contributed by atoms with Crippen molar-refractivity contribution in [2.45, 2.75) is 13.5 Å². The number of carbonyl (C=O) groups is 2. The van der Waals surface area contributed by atoms with E-state index in [2.05, 4.69) is 20.2 Å². The summed E-state index contributed by atoms with van der Waals surface area (Å²) in [4.78, 5) is 38.9. The van der Waals surface area contributed by atoms with Crippen molar-refractivity contribution in [3.63, 3.8) is 0 Å². The van der Waals surface area contributed by atoms with Crippen LogP contribution in [0.2, 0.25) is 0 Å². The zero-order chi connectivity index (χ0) is 29.2. The fraction of sp³-hybridized carbons (Fsp3) is 0.333. The number of benzene rings is 2. The molecule has 0 unspecified atom stereocenters. The first kappa shape index (κ1) is 27.7. The van der Waals surface area contributed by atoms with Gasteiger partial charge in [0.2, 0.25) is 11.9 Å². The second-order valence-corrected chi connectivity index (χ2v) is 10.5. The van der Waals surface area contributed by atoms with Crippen LogP contribution in [0.4, 0.5) is 20.4 Å². The van der Waals surface area contributed by atoms with E-state index in [0.29, 0.717) is 30.2 Å². The molecule has 1 N–H and O–H groups in total. The van der Waals surface area contributed by atoms with Crippen LogP contribution in [-0.2, 0) is 16.1 Å². The average molecular weight is 576 g/mol. The van der Waals surface area contributed by atoms with Gasteiger partial charge in [-0.1, -0.05) is 12.1 Å². The molecule has 0 atom stereocenters. The van der Waals surface area contributed by atoms with Gasteiger partial charge >= 0.3 is 0 Å². The van der Waals surface area contributed by atoms with Crippen LogP contribution in [0.25, 0.3) is 16.7 Å². The molecule has 218 valence electrons. The van der Waals surface area contributed by atoms with Gasteiger partial charge in [0.15, 0.2) is 0 Å². The van der Waals surface area contributed by atoms with Crippen LogP contribution in [0.5, 0.6) is 0 Å². The maximum Gasteiger partial charge on any atom is 0.259 e. The van der Waals surface area contributed by atoms with E-state index < -0.39 is 23.1 Å². The van der Waals surface area contributed by atoms with Crippen molar-refractivity contribution < 1.29 is 23.1 Å². The number of amides is 2. The fourth-order valence-electron chi connectivity index (χ4n) is 5.32. The molecule has 2 amide bonds. The minimum absolute atomic E-state index is 0.117. The van der Waals surface area contributed by atoms with Crippen LogP contribution in [0.15, 0.2) is 54.9 Å². The minimum Gasteiger partial charge on any atom is -0.378 e. The van der Waals surface area contributed by atoms with E-state index in [1.54, 1.807) is 30.0 Å². The maximum atomic E-state index is 15.1. The van der Waals surface area contributed by atoms with E-state index in [9.17, 15) is 9.59 Å². The monoisotopic (exact) mass is 575 g/mol. The smallest absolute Gasteiger partial charge is 0.259 e. The molecule has 2 fully saturated rings. The van der Waals surface area contributed by atoms with Crippen molar-refractivity contribution in [1.29, 1.82) is 0 Å². The van der Waals surface area contributed by atoms with E-state index >= 15 is 8.78 Å². The van der Waals surface area contributed by atoms with Gasteiger partial charge in [0.05, 0.1) is 18.9 Å². The highest BCUT2D eigenvalue weighted by atomic mass is 19.1. The third kappa shape index (κ3) is 5.81. The molecule has 12 heteroatoms. The molecular formula is C30H31F2N7O3. The quantitative estimate of drug-likeness (QED) is 0.376. The molecule has 0 aliphatic carbocycles. The van der Waals surface area contributed by atoms with Crippen molar-refractivity contribution in [2.24, 2.45) is 0 Å². The van der Waals surface area contributed by atoms with E-state index in [1.165, 1.54) is 4.90 Å². The number of ether oxygens (including phenoxy) is 1. The molecule has 0 saturated carbocycles. The summed E-state index contributed by atoms with van der Waals surface area (Å²) in [5.41, 5.74) is 2.04. The second-order valence-electron chi connectivity index (χ2n) is 10.5. The lowest BCUT2D eigenvalue weighted by Crippen LogP contribution is -2.47. The van der Waals surface area contributed by atoms with Crippen LogP contribution < -0.4 is 5.32 Å². The van der Waals surface area contributed by atoms with Crippen LogP contribution in [-0.4, -0.2) is 93.5 Å². The van der Waals surface area contributed by atoms with Crippen molar-refractivity contribution in [3.8, 4) is 5.69 Å². The number of rotatable bonds is 6. The van der Waals surface area contributed by atoms with Gasteiger partial charge in [0, 0.05) is 76.2 Å². The van der Waals surface area contributed by atoms with Crippen molar-refractivity contribution in [2.75, 3.05) is 57.8 Å². The van der Waals surface area contributed by atoms with Gasteiger partial charge in [0.1, 0.15) is 22.8 Å².